The summed E-state index contributed by atoms with van der Waals surface area (Å²) >= 11 is 11.2. The molecule has 0 radical (unpaired) electrons. The van der Waals surface area contributed by atoms with Crippen molar-refractivity contribution in [3.05, 3.63) is 51.5 Å². The Morgan fingerprint density at radius 2 is 2.24 bits per heavy atom. The lowest BCUT2D eigenvalue weighted by atomic mass is 10.1. The molecule has 4 rings (SSSR count). The van der Waals surface area contributed by atoms with Gasteiger partial charge in [0, 0.05) is 11.1 Å². The van der Waals surface area contributed by atoms with Gasteiger partial charge in [-0.2, -0.15) is 0 Å². The number of rotatable bonds is 6. The normalized spacial score (nSPS) is 16.3. The van der Waals surface area contributed by atoms with E-state index in [1.165, 1.54) is 11.3 Å². The van der Waals surface area contributed by atoms with Gasteiger partial charge >= 0.3 is 0 Å². The molecule has 2 heterocycles. The molecule has 1 aliphatic heterocycles. The summed E-state index contributed by atoms with van der Waals surface area (Å²) < 4.78 is 13.2. The number of nitrogens with zero attached hydrogens (tertiary/aromatic N) is 2. The fourth-order valence-electron chi connectivity index (χ4n) is 3.31. The van der Waals surface area contributed by atoms with E-state index in [1.54, 1.807) is 17.0 Å². The smallest absolute Gasteiger partial charge is 0.261 e. The van der Waals surface area contributed by atoms with Crippen LogP contribution in [-0.2, 0) is 4.74 Å². The maximum atomic E-state index is 13.5. The Hall–Kier alpha value is -1.67. The average Bonchev–Trinajstić information content (AvgIpc) is 3.36. The molecule has 3 aromatic rings. The van der Waals surface area contributed by atoms with Gasteiger partial charge in [-0.15, -0.1) is 0 Å². The van der Waals surface area contributed by atoms with Gasteiger partial charge in [0.15, 0.2) is 5.13 Å². The van der Waals surface area contributed by atoms with Gasteiger partial charge in [-0.1, -0.05) is 38.9 Å². The number of carbonyl (C=O) groups is 1. The molecule has 1 amide bonds. The van der Waals surface area contributed by atoms with Crippen LogP contribution in [0.4, 0.5) is 5.13 Å². The highest BCUT2D eigenvalue weighted by Crippen LogP contribution is 2.34. The second kappa shape index (κ2) is 9.00. The van der Waals surface area contributed by atoms with Crippen molar-refractivity contribution in [3.8, 4) is 5.75 Å². The number of aromatic nitrogens is 1. The minimum atomic E-state index is -0.184. The summed E-state index contributed by atoms with van der Waals surface area (Å²) in [6.45, 7) is 3.72. The largest absolute Gasteiger partial charge is 0.494 e. The summed E-state index contributed by atoms with van der Waals surface area (Å²) in [4.78, 5) is 19.9. The highest BCUT2D eigenvalue weighted by atomic mass is 79.9. The van der Waals surface area contributed by atoms with Crippen LogP contribution in [0.3, 0.4) is 0 Å². The molecular weight excluding hydrogens is 476 g/mol. The fourth-order valence-corrected chi connectivity index (χ4v) is 4.87. The van der Waals surface area contributed by atoms with Crippen molar-refractivity contribution in [3.63, 3.8) is 0 Å². The zero-order valence-corrected chi connectivity index (χ0v) is 19.0. The average molecular weight is 496 g/mol. The Morgan fingerprint density at radius 3 is 3.00 bits per heavy atom. The van der Waals surface area contributed by atoms with Gasteiger partial charge in [-0.3, -0.25) is 9.69 Å². The van der Waals surface area contributed by atoms with Crippen LogP contribution >= 0.6 is 38.9 Å². The summed E-state index contributed by atoms with van der Waals surface area (Å²) in [7, 11) is 0. The lowest BCUT2D eigenvalue weighted by molar-refractivity contribution is 0.0917. The Kier molecular flexibility index (Phi) is 6.39. The van der Waals surface area contributed by atoms with E-state index in [1.807, 2.05) is 31.2 Å². The fraction of sp³-hybridized carbons (Fsp3) is 0.333. The first-order valence-corrected chi connectivity index (χ1v) is 11.5. The quantitative estimate of drug-likeness (QED) is 0.425. The lowest BCUT2D eigenvalue weighted by Crippen LogP contribution is -2.37. The van der Waals surface area contributed by atoms with E-state index < -0.39 is 0 Å². The van der Waals surface area contributed by atoms with Crippen LogP contribution in [0.15, 0.2) is 40.9 Å². The first kappa shape index (κ1) is 20.6. The predicted octanol–water partition coefficient (Wildman–Crippen LogP) is 5.94. The Labute approximate surface area is 186 Å². The number of halogens is 2. The first-order valence-electron chi connectivity index (χ1n) is 9.47. The van der Waals surface area contributed by atoms with Crippen molar-refractivity contribution >= 4 is 60.1 Å². The number of carbonyl (C=O) groups excluding carboxylic acids is 1. The molecule has 0 saturated carbocycles. The number of benzene rings is 2. The van der Waals surface area contributed by atoms with E-state index >= 15 is 0 Å². The maximum Gasteiger partial charge on any atom is 0.261 e. The van der Waals surface area contributed by atoms with Gasteiger partial charge in [0.25, 0.3) is 5.91 Å². The third-order valence-electron chi connectivity index (χ3n) is 4.70. The van der Waals surface area contributed by atoms with Crippen LogP contribution in [0.25, 0.3) is 10.2 Å². The lowest BCUT2D eigenvalue weighted by Gasteiger charge is -2.23. The molecule has 1 atom stereocenters. The van der Waals surface area contributed by atoms with Crippen molar-refractivity contribution in [2.24, 2.45) is 0 Å². The molecule has 1 unspecified atom stereocenters. The number of hydrogen-bond acceptors (Lipinski definition) is 5. The second-order valence-corrected chi connectivity index (χ2v) is 9.07. The van der Waals surface area contributed by atoms with Crippen LogP contribution < -0.4 is 9.64 Å². The van der Waals surface area contributed by atoms with E-state index in [0.29, 0.717) is 28.9 Å². The second-order valence-electron chi connectivity index (χ2n) is 6.73. The number of anilines is 1. The molecular formula is C21H20BrClN2O3S. The van der Waals surface area contributed by atoms with Gasteiger partial charge in [0.2, 0.25) is 0 Å². The van der Waals surface area contributed by atoms with E-state index in [-0.39, 0.29) is 12.0 Å². The third kappa shape index (κ3) is 4.58. The van der Waals surface area contributed by atoms with Crippen LogP contribution in [0.2, 0.25) is 5.02 Å². The summed E-state index contributed by atoms with van der Waals surface area (Å²) in [5, 5.41) is 1.04. The van der Waals surface area contributed by atoms with Crippen molar-refractivity contribution < 1.29 is 14.3 Å². The number of ether oxygens (including phenoxy) is 2. The molecule has 29 heavy (non-hydrogen) atoms. The molecule has 1 fully saturated rings. The minimum Gasteiger partial charge on any atom is -0.494 e. The highest BCUT2D eigenvalue weighted by molar-refractivity contribution is 9.10. The van der Waals surface area contributed by atoms with Gasteiger partial charge < -0.3 is 9.47 Å². The molecule has 0 spiro atoms. The zero-order valence-electron chi connectivity index (χ0n) is 15.9. The van der Waals surface area contributed by atoms with Crippen LogP contribution in [0.5, 0.6) is 5.75 Å². The molecule has 1 saturated heterocycles. The maximum absolute atomic E-state index is 13.5. The van der Waals surface area contributed by atoms with Crippen molar-refractivity contribution in [2.75, 3.05) is 24.7 Å². The topological polar surface area (TPSA) is 51.7 Å². The number of hydrogen-bond donors (Lipinski definition) is 0. The van der Waals surface area contributed by atoms with E-state index in [9.17, 15) is 4.79 Å². The van der Waals surface area contributed by atoms with Crippen molar-refractivity contribution in [2.45, 2.75) is 25.9 Å². The van der Waals surface area contributed by atoms with Gasteiger partial charge in [-0.25, -0.2) is 4.98 Å². The monoisotopic (exact) mass is 494 g/mol. The predicted molar refractivity (Wildman–Crippen MR) is 121 cm³/mol. The molecule has 8 heteroatoms. The molecule has 0 bridgehead atoms. The minimum absolute atomic E-state index is 0.00382. The first-order chi connectivity index (χ1) is 14.0. The number of fused-ring (bicyclic) bond motifs is 1. The molecule has 1 aromatic heterocycles. The van der Waals surface area contributed by atoms with Gasteiger partial charge in [0.05, 0.1) is 40.1 Å². The molecule has 0 N–H and O–H groups in total. The van der Waals surface area contributed by atoms with Crippen LogP contribution in [0, 0.1) is 0 Å². The van der Waals surface area contributed by atoms with Crippen molar-refractivity contribution in [1.82, 2.24) is 4.98 Å². The summed E-state index contributed by atoms with van der Waals surface area (Å²) in [5.41, 5.74) is 1.27. The van der Waals surface area contributed by atoms with Crippen LogP contribution in [0.1, 0.15) is 30.1 Å². The molecule has 1 aliphatic rings. The Bertz CT molecular complexity index is 1040. The zero-order chi connectivity index (χ0) is 20.4. The van der Waals surface area contributed by atoms with Crippen LogP contribution in [-0.4, -0.2) is 36.8 Å². The van der Waals surface area contributed by atoms with Gasteiger partial charge in [0.1, 0.15) is 5.75 Å². The summed E-state index contributed by atoms with van der Waals surface area (Å²) in [6, 6.07) is 11.1. The number of thiazole rings is 1. The van der Waals surface area contributed by atoms with E-state index in [2.05, 4.69) is 15.9 Å². The third-order valence-corrected chi connectivity index (χ3v) is 6.57. The molecule has 152 valence electrons. The summed E-state index contributed by atoms with van der Waals surface area (Å²) in [5.74, 6) is 0.609. The van der Waals surface area contributed by atoms with E-state index in [4.69, 9.17) is 26.1 Å². The SMILES string of the molecule is CCOc1ccc2nc(N(CC3CCCO3)C(=O)c3cc(Br)ccc3Cl)sc2c1. The molecule has 0 aliphatic carbocycles. The van der Waals surface area contributed by atoms with E-state index in [0.717, 1.165) is 39.9 Å². The van der Waals surface area contributed by atoms with Crippen molar-refractivity contribution in [1.29, 1.82) is 0 Å². The Morgan fingerprint density at radius 1 is 1.38 bits per heavy atom. The summed E-state index contributed by atoms with van der Waals surface area (Å²) in [6.07, 6.45) is 1.92. The molecule has 2 aromatic carbocycles. The van der Waals surface area contributed by atoms with Gasteiger partial charge in [-0.05, 0) is 56.2 Å². The Balaban J connectivity index is 1.72. The highest BCUT2D eigenvalue weighted by Gasteiger charge is 2.28. The molecule has 5 nitrogen and oxygen atoms in total. The standard InChI is InChI=1S/C21H20BrClN2O3S/c1-2-27-14-6-8-18-19(11-14)29-21(24-18)25(12-15-4-3-9-28-15)20(26)16-10-13(22)5-7-17(16)23/h5-8,10-11,15H,2-4,9,12H2,1H3. The number of amides is 1.